The number of pyridine rings is 1. The Kier molecular flexibility index (Phi) is 10.7. The molecular weight excluding hydrogens is 763 g/mol. The van der Waals surface area contributed by atoms with Crippen molar-refractivity contribution in [3.63, 3.8) is 0 Å². The van der Waals surface area contributed by atoms with Crippen molar-refractivity contribution in [3.8, 4) is 22.9 Å². The number of benzene rings is 4. The van der Waals surface area contributed by atoms with E-state index in [0.29, 0.717) is 35.7 Å². The van der Waals surface area contributed by atoms with E-state index in [0.717, 1.165) is 27.6 Å². The van der Waals surface area contributed by atoms with Crippen LogP contribution in [0, 0.1) is 5.92 Å². The van der Waals surface area contributed by atoms with Gasteiger partial charge in [-0.05, 0) is 83.2 Å². The molecular formula is C47H51N3O8Si. The van der Waals surface area contributed by atoms with Gasteiger partial charge in [0.2, 0.25) is 5.91 Å². The molecule has 5 atom stereocenters. The third-order valence-corrected chi connectivity index (χ3v) is 17.3. The van der Waals surface area contributed by atoms with Gasteiger partial charge in [-0.2, -0.15) is 0 Å². The molecule has 1 fully saturated rings. The van der Waals surface area contributed by atoms with Crippen LogP contribution in [0.5, 0.6) is 17.2 Å². The summed E-state index contributed by atoms with van der Waals surface area (Å²) in [4.78, 5) is 46.9. The van der Waals surface area contributed by atoms with E-state index in [1.54, 1.807) is 42.3 Å². The number of carbonyl (C=O) groups excluding carboxylic acids is 2. The number of aliphatic hydroxyl groups is 1. The number of methoxy groups -OCH3 is 3. The standard InChI is InChI=1S/C47H51N3O8Si/c1-30-44(59(5,6)38-19-16-36(55-2)17-20-38)42(26-43(52)49-28-33-13-8-7-12-32(33)24-35(49)29-51)58-47(30)39-25-37(56-3)18-21-40(39)50(46(47)54)27-31-11-9-14-34(23-31)48-22-10-15-41(57-4)45(48)53/h7-23,25,30,35,42,44,51H,24,26-29H2,1-6H3/t30-,35-,42+,44-,47+/m0/s1. The summed E-state index contributed by atoms with van der Waals surface area (Å²) >= 11 is 0. The highest BCUT2D eigenvalue weighted by molar-refractivity contribution is 6.91. The van der Waals surface area contributed by atoms with E-state index in [9.17, 15) is 14.7 Å². The third kappa shape index (κ3) is 6.82. The van der Waals surface area contributed by atoms with Crippen LogP contribution >= 0.6 is 0 Å². The van der Waals surface area contributed by atoms with Crippen LogP contribution in [0.1, 0.15) is 35.6 Å². The minimum Gasteiger partial charge on any atom is -0.497 e. The zero-order valence-corrected chi connectivity index (χ0v) is 35.4. The summed E-state index contributed by atoms with van der Waals surface area (Å²) in [7, 11) is 2.14. The van der Waals surface area contributed by atoms with Gasteiger partial charge < -0.3 is 33.9 Å². The molecule has 4 aromatic carbocycles. The fourth-order valence-corrected chi connectivity index (χ4v) is 13.9. The van der Waals surface area contributed by atoms with E-state index >= 15 is 4.79 Å². The van der Waals surface area contributed by atoms with Crippen molar-refractivity contribution in [2.45, 2.75) is 69.2 Å². The molecule has 12 heteroatoms. The van der Waals surface area contributed by atoms with Gasteiger partial charge in [0, 0.05) is 29.9 Å². The Labute approximate surface area is 345 Å². The lowest BCUT2D eigenvalue weighted by molar-refractivity contribution is -0.151. The van der Waals surface area contributed by atoms with Gasteiger partial charge in [-0.3, -0.25) is 19.0 Å². The normalized spacial score (nSPS) is 22.3. The van der Waals surface area contributed by atoms with Crippen LogP contribution in [-0.2, 0) is 39.4 Å². The van der Waals surface area contributed by atoms with Crippen LogP contribution in [0.4, 0.5) is 5.69 Å². The Balaban J connectivity index is 1.20. The Morgan fingerprint density at radius 3 is 2.31 bits per heavy atom. The number of carbonyl (C=O) groups is 2. The summed E-state index contributed by atoms with van der Waals surface area (Å²) in [5.41, 5.74) is 3.15. The lowest BCUT2D eigenvalue weighted by Crippen LogP contribution is -2.52. The number of ether oxygens (including phenoxy) is 4. The van der Waals surface area contributed by atoms with Gasteiger partial charge in [-0.15, -0.1) is 0 Å². The first-order valence-electron chi connectivity index (χ1n) is 20.1. The number of aromatic nitrogens is 1. The van der Waals surface area contributed by atoms with Crippen LogP contribution in [0.25, 0.3) is 5.69 Å². The Bertz CT molecular complexity index is 2450. The second-order valence-corrected chi connectivity index (χ2v) is 21.1. The maximum Gasteiger partial charge on any atom is 0.297 e. The number of aliphatic hydroxyl groups excluding tert-OH is 1. The molecule has 0 bridgehead atoms. The van der Waals surface area contributed by atoms with Crippen molar-refractivity contribution in [1.82, 2.24) is 9.47 Å². The molecule has 59 heavy (non-hydrogen) atoms. The van der Waals surface area contributed by atoms with Gasteiger partial charge in [0.05, 0.1) is 66.8 Å². The van der Waals surface area contributed by atoms with Gasteiger partial charge in [0.15, 0.2) is 11.4 Å². The van der Waals surface area contributed by atoms with E-state index in [2.05, 4.69) is 38.2 Å². The maximum absolute atomic E-state index is 15.5. The van der Waals surface area contributed by atoms with Crippen LogP contribution in [0.3, 0.4) is 0 Å². The third-order valence-electron chi connectivity index (χ3n) is 13.0. The molecule has 11 nitrogen and oxygen atoms in total. The van der Waals surface area contributed by atoms with E-state index < -0.39 is 19.8 Å². The Morgan fingerprint density at radius 2 is 1.59 bits per heavy atom. The monoisotopic (exact) mass is 813 g/mol. The van der Waals surface area contributed by atoms with Gasteiger partial charge in [0.25, 0.3) is 11.5 Å². The zero-order chi connectivity index (χ0) is 41.6. The Hall–Kier alpha value is -5.69. The van der Waals surface area contributed by atoms with Crippen LogP contribution in [-0.4, -0.2) is 74.5 Å². The summed E-state index contributed by atoms with van der Waals surface area (Å²) in [5, 5.41) is 11.7. The van der Waals surface area contributed by atoms with Crippen molar-refractivity contribution in [2.24, 2.45) is 5.92 Å². The smallest absolute Gasteiger partial charge is 0.297 e. The molecule has 0 unspecified atom stereocenters. The molecule has 1 spiro atoms. The highest BCUT2D eigenvalue weighted by Crippen LogP contribution is 2.60. The van der Waals surface area contributed by atoms with Crippen LogP contribution in [0.15, 0.2) is 114 Å². The topological polar surface area (TPSA) is 120 Å². The molecule has 4 heterocycles. The van der Waals surface area contributed by atoms with Crippen molar-refractivity contribution >= 4 is 30.8 Å². The minimum atomic E-state index is -2.57. The SMILES string of the molecule is COc1ccc([Si](C)(C)[C@@H]2[C@@H](CC(=O)N3Cc4ccccc4C[C@H]3CO)O[C@]3(C(=O)N(Cc4cccc(-n5cccc(OC)c5=O)c4)c4ccc(OC)cc43)[C@H]2C)cc1. The molecule has 8 rings (SSSR count). The average molecular weight is 814 g/mol. The molecule has 5 aromatic rings. The summed E-state index contributed by atoms with van der Waals surface area (Å²) in [6.45, 7) is 7.13. The van der Waals surface area contributed by atoms with Gasteiger partial charge >= 0.3 is 0 Å². The van der Waals surface area contributed by atoms with E-state index in [4.69, 9.17) is 18.9 Å². The first kappa shape index (κ1) is 40.1. The largest absolute Gasteiger partial charge is 0.497 e. The van der Waals surface area contributed by atoms with Crippen molar-refractivity contribution in [3.05, 3.63) is 142 Å². The molecule has 306 valence electrons. The Morgan fingerprint density at radius 1 is 0.864 bits per heavy atom. The number of amides is 2. The first-order valence-corrected chi connectivity index (χ1v) is 23.2. The van der Waals surface area contributed by atoms with Crippen molar-refractivity contribution in [1.29, 1.82) is 0 Å². The molecule has 3 aliphatic rings. The molecule has 1 N–H and O–H groups in total. The second kappa shape index (κ2) is 15.8. The zero-order valence-electron chi connectivity index (χ0n) is 34.4. The van der Waals surface area contributed by atoms with Crippen molar-refractivity contribution in [2.75, 3.05) is 32.8 Å². The lowest BCUT2D eigenvalue weighted by atomic mass is 9.82. The van der Waals surface area contributed by atoms with Gasteiger partial charge in [-0.1, -0.05) is 73.7 Å². The van der Waals surface area contributed by atoms with E-state index in [-0.39, 0.29) is 60.2 Å². The average Bonchev–Trinajstić information content (AvgIpc) is 3.68. The molecule has 2 amide bonds. The molecule has 0 radical (unpaired) electrons. The van der Waals surface area contributed by atoms with Crippen LogP contribution < -0.4 is 29.9 Å². The summed E-state index contributed by atoms with van der Waals surface area (Å²) in [6, 6.07) is 32.4. The number of fused-ring (bicyclic) bond motifs is 3. The second-order valence-electron chi connectivity index (χ2n) is 16.4. The van der Waals surface area contributed by atoms with Crippen LogP contribution in [0.2, 0.25) is 18.6 Å². The number of hydrogen-bond donors (Lipinski definition) is 1. The van der Waals surface area contributed by atoms with Gasteiger partial charge in [-0.25, -0.2) is 0 Å². The molecule has 1 aromatic heterocycles. The fraction of sp³-hybridized carbons (Fsp3) is 0.340. The number of hydrogen-bond acceptors (Lipinski definition) is 8. The van der Waals surface area contributed by atoms with Crippen molar-refractivity contribution < 1.29 is 33.6 Å². The molecule has 0 saturated carbocycles. The highest BCUT2D eigenvalue weighted by atomic mass is 28.3. The molecule has 3 aliphatic heterocycles. The quantitative estimate of drug-likeness (QED) is 0.162. The number of nitrogens with zero attached hydrogens (tertiary/aromatic N) is 3. The van der Waals surface area contributed by atoms with E-state index in [1.807, 2.05) is 72.8 Å². The predicted molar refractivity (Wildman–Crippen MR) is 229 cm³/mol. The number of anilines is 1. The number of rotatable bonds is 11. The molecule has 1 saturated heterocycles. The first-order chi connectivity index (χ1) is 28.4. The lowest BCUT2D eigenvalue weighted by Gasteiger charge is -2.39. The highest BCUT2D eigenvalue weighted by Gasteiger charge is 2.66. The van der Waals surface area contributed by atoms with Gasteiger partial charge in [0.1, 0.15) is 11.5 Å². The fourth-order valence-electron chi connectivity index (χ4n) is 9.93. The predicted octanol–water partition coefficient (Wildman–Crippen LogP) is 5.96. The summed E-state index contributed by atoms with van der Waals surface area (Å²) in [6.07, 6.45) is 1.68. The maximum atomic E-state index is 15.5. The summed E-state index contributed by atoms with van der Waals surface area (Å²) < 4.78 is 25.4. The molecule has 0 aliphatic carbocycles. The minimum absolute atomic E-state index is 0.0475. The summed E-state index contributed by atoms with van der Waals surface area (Å²) in [5.74, 6) is 0.886. The van der Waals surface area contributed by atoms with E-state index in [1.165, 1.54) is 11.7 Å².